The third-order valence-electron chi connectivity index (χ3n) is 2.77. The smallest absolute Gasteiger partial charge is 0.417 e. The summed E-state index contributed by atoms with van der Waals surface area (Å²) in [7, 11) is 2.22. The Labute approximate surface area is 153 Å². The third-order valence-corrected chi connectivity index (χ3v) is 2.77. The highest BCUT2D eigenvalue weighted by atomic mass is 16.6. The van der Waals surface area contributed by atoms with Crippen LogP contribution in [-0.2, 0) is 47.5 Å². The molecular weight excluding hydrogens is 352 g/mol. The monoisotopic (exact) mass is 382 g/mol. The van der Waals surface area contributed by atoms with Gasteiger partial charge >= 0.3 is 11.9 Å². The second-order valence-electron chi connectivity index (χ2n) is 4.66. The van der Waals surface area contributed by atoms with Crippen LogP contribution in [0.4, 0.5) is 0 Å². The predicted octanol–water partition coefficient (Wildman–Crippen LogP) is -0.568. The molecular formula is C16H30O10. The van der Waals surface area contributed by atoms with Gasteiger partial charge in [-0.05, 0) is 0 Å². The Morgan fingerprint density at radius 2 is 0.615 bits per heavy atom. The van der Waals surface area contributed by atoms with Gasteiger partial charge in [0, 0.05) is 0 Å². The van der Waals surface area contributed by atoms with Crippen molar-refractivity contribution in [2.75, 3.05) is 93.5 Å². The molecule has 1 aliphatic heterocycles. The molecule has 1 fully saturated rings. The lowest BCUT2D eigenvalue weighted by atomic mass is 10.6. The Balaban J connectivity index is 0.000000660. The van der Waals surface area contributed by atoms with Crippen LogP contribution in [0.2, 0.25) is 0 Å². The average Bonchev–Trinajstić information content (AvgIpc) is 2.67. The highest BCUT2D eigenvalue weighted by Gasteiger charge is 2.11. The van der Waals surface area contributed by atoms with Crippen molar-refractivity contribution in [3.05, 3.63) is 0 Å². The topological polar surface area (TPSA) is 108 Å². The summed E-state index contributed by atoms with van der Waals surface area (Å²) >= 11 is 0. The minimum atomic E-state index is -0.979. The van der Waals surface area contributed by atoms with E-state index in [9.17, 15) is 9.59 Å². The second kappa shape index (κ2) is 20.0. The van der Waals surface area contributed by atoms with Crippen LogP contribution in [0.5, 0.6) is 0 Å². The van der Waals surface area contributed by atoms with Crippen molar-refractivity contribution in [1.29, 1.82) is 0 Å². The fourth-order valence-corrected chi connectivity index (χ4v) is 1.49. The molecule has 0 amide bonds. The summed E-state index contributed by atoms with van der Waals surface area (Å²) in [6.45, 7) is 7.04. The van der Waals surface area contributed by atoms with E-state index in [1.54, 1.807) is 0 Å². The Morgan fingerprint density at radius 1 is 0.462 bits per heavy atom. The standard InChI is InChI=1S/C12H24O6.C4H6O4/c1-2-14-5-6-16-9-10-18-12-11-17-8-7-15-4-3-13-1;1-7-3(5)4(6)8-2/h1-12H2;1-2H3. The molecule has 0 bridgehead atoms. The molecule has 0 radical (unpaired) electrons. The minimum Gasteiger partial charge on any atom is -0.461 e. The van der Waals surface area contributed by atoms with E-state index in [2.05, 4.69) is 9.47 Å². The zero-order valence-corrected chi connectivity index (χ0v) is 15.6. The normalized spacial score (nSPS) is 19.0. The first-order valence-corrected chi connectivity index (χ1v) is 8.35. The highest BCUT2D eigenvalue weighted by molar-refractivity contribution is 6.29. The number of esters is 2. The second-order valence-corrected chi connectivity index (χ2v) is 4.66. The van der Waals surface area contributed by atoms with E-state index in [4.69, 9.17) is 28.4 Å². The van der Waals surface area contributed by atoms with Gasteiger partial charge in [0.05, 0.1) is 93.5 Å². The van der Waals surface area contributed by atoms with E-state index < -0.39 is 11.9 Å². The number of hydrogen-bond acceptors (Lipinski definition) is 10. The molecule has 10 nitrogen and oxygen atoms in total. The van der Waals surface area contributed by atoms with E-state index >= 15 is 0 Å². The lowest BCUT2D eigenvalue weighted by Gasteiger charge is -2.09. The van der Waals surface area contributed by atoms with E-state index in [0.717, 1.165) is 14.2 Å². The Kier molecular flexibility index (Phi) is 19.0. The first kappa shape index (κ1) is 24.7. The Hall–Kier alpha value is -1.30. The Morgan fingerprint density at radius 3 is 0.731 bits per heavy atom. The number of carbonyl (C=O) groups is 2. The van der Waals surface area contributed by atoms with Crippen LogP contribution in [0, 0.1) is 0 Å². The van der Waals surface area contributed by atoms with E-state index in [-0.39, 0.29) is 0 Å². The van der Waals surface area contributed by atoms with Crippen LogP contribution in [0.15, 0.2) is 0 Å². The predicted molar refractivity (Wildman–Crippen MR) is 88.9 cm³/mol. The van der Waals surface area contributed by atoms with Gasteiger partial charge in [0.1, 0.15) is 0 Å². The highest BCUT2D eigenvalue weighted by Crippen LogP contribution is 1.86. The fourth-order valence-electron chi connectivity index (χ4n) is 1.49. The first-order chi connectivity index (χ1) is 12.7. The van der Waals surface area contributed by atoms with Crippen molar-refractivity contribution in [3.63, 3.8) is 0 Å². The number of rotatable bonds is 0. The Bertz CT molecular complexity index is 248. The summed E-state index contributed by atoms with van der Waals surface area (Å²) in [6, 6.07) is 0. The zero-order valence-electron chi connectivity index (χ0n) is 15.6. The van der Waals surface area contributed by atoms with E-state index in [0.29, 0.717) is 79.3 Å². The van der Waals surface area contributed by atoms with E-state index in [1.807, 2.05) is 0 Å². The maximum Gasteiger partial charge on any atom is 0.417 e. The summed E-state index contributed by atoms with van der Waals surface area (Å²) in [5, 5.41) is 0. The molecule has 0 atom stereocenters. The van der Waals surface area contributed by atoms with Crippen LogP contribution < -0.4 is 0 Å². The van der Waals surface area contributed by atoms with Crippen molar-refractivity contribution in [1.82, 2.24) is 0 Å². The summed E-state index contributed by atoms with van der Waals surface area (Å²) in [6.07, 6.45) is 0. The number of carbonyl (C=O) groups excluding carboxylic acids is 2. The van der Waals surface area contributed by atoms with Gasteiger partial charge in [-0.1, -0.05) is 0 Å². The van der Waals surface area contributed by atoms with Crippen LogP contribution in [0.25, 0.3) is 0 Å². The number of ether oxygens (including phenoxy) is 8. The lowest BCUT2D eigenvalue weighted by molar-refractivity contribution is -0.164. The van der Waals surface area contributed by atoms with Crippen LogP contribution in [-0.4, -0.2) is 105 Å². The summed E-state index contributed by atoms with van der Waals surface area (Å²) < 4.78 is 39.9. The van der Waals surface area contributed by atoms with Gasteiger partial charge in [0.25, 0.3) is 0 Å². The quantitative estimate of drug-likeness (QED) is 0.399. The zero-order chi connectivity index (χ0) is 19.3. The summed E-state index contributed by atoms with van der Waals surface area (Å²) in [4.78, 5) is 20.1. The van der Waals surface area contributed by atoms with Gasteiger partial charge in [0.15, 0.2) is 0 Å². The number of hydrogen-bond donors (Lipinski definition) is 0. The van der Waals surface area contributed by atoms with Gasteiger partial charge in [0.2, 0.25) is 0 Å². The maximum atomic E-state index is 10.0. The van der Waals surface area contributed by atoms with Crippen molar-refractivity contribution >= 4 is 11.9 Å². The minimum absolute atomic E-state index is 0.586. The number of methoxy groups -OCH3 is 2. The van der Waals surface area contributed by atoms with Crippen molar-refractivity contribution in [2.24, 2.45) is 0 Å². The van der Waals surface area contributed by atoms with Gasteiger partial charge < -0.3 is 37.9 Å². The van der Waals surface area contributed by atoms with Crippen LogP contribution in [0.3, 0.4) is 0 Å². The largest absolute Gasteiger partial charge is 0.461 e. The molecule has 10 heteroatoms. The molecule has 154 valence electrons. The molecule has 0 unspecified atom stereocenters. The molecule has 26 heavy (non-hydrogen) atoms. The lowest BCUT2D eigenvalue weighted by Crippen LogP contribution is -2.16. The van der Waals surface area contributed by atoms with Gasteiger partial charge in [-0.15, -0.1) is 0 Å². The molecule has 0 N–H and O–H groups in total. The molecule has 0 aromatic carbocycles. The fraction of sp³-hybridized carbons (Fsp3) is 0.875. The van der Waals surface area contributed by atoms with Crippen molar-refractivity contribution in [2.45, 2.75) is 0 Å². The maximum absolute atomic E-state index is 10.0. The van der Waals surface area contributed by atoms with Crippen molar-refractivity contribution in [3.8, 4) is 0 Å². The summed E-state index contributed by atoms with van der Waals surface area (Å²) in [5.74, 6) is -1.96. The molecule has 1 rings (SSSR count). The molecule has 0 saturated carbocycles. The van der Waals surface area contributed by atoms with Crippen LogP contribution in [0.1, 0.15) is 0 Å². The van der Waals surface area contributed by atoms with Gasteiger partial charge in [-0.3, -0.25) is 0 Å². The molecule has 0 spiro atoms. The van der Waals surface area contributed by atoms with Crippen LogP contribution >= 0.6 is 0 Å². The van der Waals surface area contributed by atoms with Crippen molar-refractivity contribution < 1.29 is 47.5 Å². The first-order valence-electron chi connectivity index (χ1n) is 8.35. The van der Waals surface area contributed by atoms with Gasteiger partial charge in [-0.25, -0.2) is 9.59 Å². The molecule has 1 saturated heterocycles. The molecule has 1 heterocycles. The molecule has 0 aliphatic carbocycles. The van der Waals surface area contributed by atoms with E-state index in [1.165, 1.54) is 0 Å². The third kappa shape index (κ3) is 17.5. The molecule has 1 aliphatic rings. The average molecular weight is 382 g/mol. The van der Waals surface area contributed by atoms with Gasteiger partial charge in [-0.2, -0.15) is 0 Å². The summed E-state index contributed by atoms with van der Waals surface area (Å²) in [5.41, 5.74) is 0. The molecule has 0 aromatic heterocycles. The SMILES string of the molecule is C1COCCOCCOCCOCCOCCO1.COC(=O)C(=O)OC. The molecule has 0 aromatic rings.